The van der Waals surface area contributed by atoms with Gasteiger partial charge in [-0.25, -0.2) is 4.98 Å². The van der Waals surface area contributed by atoms with Gasteiger partial charge in [-0.15, -0.1) is 17.9 Å². The molecule has 0 atom stereocenters. The average Bonchev–Trinajstić information content (AvgIpc) is 2.53. The summed E-state index contributed by atoms with van der Waals surface area (Å²) in [5.41, 5.74) is 4.29. The summed E-state index contributed by atoms with van der Waals surface area (Å²) in [5.74, 6) is 0. The first kappa shape index (κ1) is 9.20. The maximum absolute atomic E-state index is 4.18. The first-order valence-corrected chi connectivity index (χ1v) is 4.93. The molecular weight excluding hydrogens is 166 g/mol. The van der Waals surface area contributed by atoms with Crippen LogP contribution in [0.4, 0.5) is 0 Å². The number of thiazole rings is 1. The second-order valence-corrected chi connectivity index (χ2v) is 3.45. The van der Waals surface area contributed by atoms with Crippen molar-refractivity contribution in [3.05, 3.63) is 34.8 Å². The molecule has 0 aromatic carbocycles. The first-order valence-electron chi connectivity index (χ1n) is 3.99. The first-order chi connectivity index (χ1) is 5.83. The highest BCUT2D eigenvalue weighted by Crippen LogP contribution is 2.11. The van der Waals surface area contributed by atoms with Crippen LogP contribution in [0.1, 0.15) is 25.5 Å². The van der Waals surface area contributed by atoms with Crippen LogP contribution in [-0.4, -0.2) is 4.98 Å². The summed E-state index contributed by atoms with van der Waals surface area (Å²) in [6, 6.07) is 0. The second-order valence-electron chi connectivity index (χ2n) is 2.73. The lowest BCUT2D eigenvalue weighted by Gasteiger charge is -1.95. The third kappa shape index (κ3) is 3.01. The zero-order valence-corrected chi connectivity index (χ0v) is 8.10. The van der Waals surface area contributed by atoms with E-state index in [0.717, 1.165) is 18.5 Å². The minimum absolute atomic E-state index is 1.05. The number of allylic oxidation sites excluding steroid dienone is 2. The van der Waals surface area contributed by atoms with Crippen LogP contribution in [0.25, 0.3) is 6.08 Å². The molecule has 1 nitrogen and oxygen atoms in total. The van der Waals surface area contributed by atoms with Gasteiger partial charge in [0.2, 0.25) is 0 Å². The van der Waals surface area contributed by atoms with Gasteiger partial charge in [-0.05, 0) is 25.8 Å². The Kier molecular flexibility index (Phi) is 3.74. The molecule has 0 amide bonds. The minimum atomic E-state index is 1.05. The highest BCUT2D eigenvalue weighted by atomic mass is 32.1. The average molecular weight is 179 g/mol. The zero-order valence-electron chi connectivity index (χ0n) is 7.29. The van der Waals surface area contributed by atoms with E-state index in [1.165, 1.54) is 5.57 Å². The summed E-state index contributed by atoms with van der Waals surface area (Å²) >= 11 is 1.63. The van der Waals surface area contributed by atoms with E-state index in [4.69, 9.17) is 0 Å². The Balaban J connectivity index is 2.51. The van der Waals surface area contributed by atoms with Gasteiger partial charge in [0.05, 0.1) is 11.2 Å². The lowest BCUT2D eigenvalue weighted by molar-refractivity contribution is 0.988. The molecule has 0 aliphatic carbocycles. The molecule has 2 heteroatoms. The Bertz CT molecular complexity index is 259. The smallest absolute Gasteiger partial charge is 0.0798 e. The highest BCUT2D eigenvalue weighted by molar-refractivity contribution is 7.07. The second kappa shape index (κ2) is 4.88. The van der Waals surface area contributed by atoms with Gasteiger partial charge in [0, 0.05) is 5.38 Å². The summed E-state index contributed by atoms with van der Waals surface area (Å²) < 4.78 is 0. The molecule has 0 bridgehead atoms. The van der Waals surface area contributed by atoms with E-state index in [9.17, 15) is 0 Å². The van der Waals surface area contributed by atoms with Crippen LogP contribution in [0, 0.1) is 0 Å². The Morgan fingerprint density at radius 2 is 2.58 bits per heavy atom. The number of nitrogens with zero attached hydrogens (tertiary/aromatic N) is 1. The predicted octanol–water partition coefficient (Wildman–Crippen LogP) is 3.51. The quantitative estimate of drug-likeness (QED) is 0.644. The van der Waals surface area contributed by atoms with Gasteiger partial charge in [0.25, 0.3) is 0 Å². The van der Waals surface area contributed by atoms with Crippen LogP contribution in [0.5, 0.6) is 0 Å². The van der Waals surface area contributed by atoms with Crippen molar-refractivity contribution < 1.29 is 0 Å². The fraction of sp³-hybridized carbons (Fsp3) is 0.300. The normalized spacial score (nSPS) is 11.6. The Hall–Kier alpha value is -0.890. The molecule has 0 aliphatic heterocycles. The molecule has 1 rings (SSSR count). The Labute approximate surface area is 77.5 Å². The third-order valence-electron chi connectivity index (χ3n) is 1.59. The molecule has 0 unspecified atom stereocenters. The SMILES string of the molecule is C=CCC/C(C)=C/c1cscn1. The van der Waals surface area contributed by atoms with Crippen molar-refractivity contribution in [1.29, 1.82) is 0 Å². The molecule has 0 saturated heterocycles. The summed E-state index contributed by atoms with van der Waals surface area (Å²) in [5, 5.41) is 2.05. The van der Waals surface area contributed by atoms with Crippen molar-refractivity contribution >= 4 is 17.4 Å². The van der Waals surface area contributed by atoms with Gasteiger partial charge >= 0.3 is 0 Å². The number of hydrogen-bond acceptors (Lipinski definition) is 2. The lowest BCUT2D eigenvalue weighted by Crippen LogP contribution is -1.76. The summed E-state index contributed by atoms with van der Waals surface area (Å²) in [7, 11) is 0. The lowest BCUT2D eigenvalue weighted by atomic mass is 10.1. The van der Waals surface area contributed by atoms with Crippen LogP contribution in [-0.2, 0) is 0 Å². The summed E-state index contributed by atoms with van der Waals surface area (Å²) in [4.78, 5) is 4.18. The van der Waals surface area contributed by atoms with Crippen molar-refractivity contribution in [2.24, 2.45) is 0 Å². The standard InChI is InChI=1S/C10H13NS/c1-3-4-5-9(2)6-10-7-12-8-11-10/h3,6-8H,1,4-5H2,2H3/b9-6+. The largest absolute Gasteiger partial charge is 0.245 e. The summed E-state index contributed by atoms with van der Waals surface area (Å²) in [6.07, 6.45) is 6.20. The monoisotopic (exact) mass is 179 g/mol. The van der Waals surface area contributed by atoms with Crippen molar-refractivity contribution in [1.82, 2.24) is 4.98 Å². The van der Waals surface area contributed by atoms with E-state index in [0.29, 0.717) is 0 Å². The molecule has 1 aromatic heterocycles. The number of rotatable bonds is 4. The minimum Gasteiger partial charge on any atom is -0.245 e. The molecule has 0 spiro atoms. The van der Waals surface area contributed by atoms with E-state index in [2.05, 4.69) is 29.9 Å². The van der Waals surface area contributed by atoms with Gasteiger partial charge in [0.1, 0.15) is 0 Å². The van der Waals surface area contributed by atoms with Crippen LogP contribution >= 0.6 is 11.3 Å². The number of aromatic nitrogens is 1. The van der Waals surface area contributed by atoms with Crippen LogP contribution < -0.4 is 0 Å². The third-order valence-corrected chi connectivity index (χ3v) is 2.19. The van der Waals surface area contributed by atoms with E-state index in [1.807, 2.05) is 11.6 Å². The van der Waals surface area contributed by atoms with Crippen LogP contribution in [0.3, 0.4) is 0 Å². The van der Waals surface area contributed by atoms with Crippen LogP contribution in [0.2, 0.25) is 0 Å². The predicted molar refractivity (Wildman–Crippen MR) is 55.2 cm³/mol. The molecule has 0 saturated carbocycles. The molecule has 0 fully saturated rings. The Morgan fingerprint density at radius 1 is 1.75 bits per heavy atom. The molecule has 0 aliphatic rings. The summed E-state index contributed by atoms with van der Waals surface area (Å²) in [6.45, 7) is 5.82. The van der Waals surface area contributed by atoms with Gasteiger partial charge in [0.15, 0.2) is 0 Å². The molecule has 0 radical (unpaired) electrons. The van der Waals surface area contributed by atoms with E-state index in [-0.39, 0.29) is 0 Å². The number of hydrogen-bond donors (Lipinski definition) is 0. The molecule has 1 heterocycles. The highest BCUT2D eigenvalue weighted by Gasteiger charge is 1.91. The van der Waals surface area contributed by atoms with Gasteiger partial charge < -0.3 is 0 Å². The van der Waals surface area contributed by atoms with Crippen molar-refractivity contribution in [2.45, 2.75) is 19.8 Å². The van der Waals surface area contributed by atoms with Crippen molar-refractivity contribution in [3.8, 4) is 0 Å². The van der Waals surface area contributed by atoms with Gasteiger partial charge in [-0.1, -0.05) is 11.6 Å². The van der Waals surface area contributed by atoms with Crippen molar-refractivity contribution in [2.75, 3.05) is 0 Å². The fourth-order valence-electron chi connectivity index (χ4n) is 0.948. The van der Waals surface area contributed by atoms with Gasteiger partial charge in [-0.2, -0.15) is 0 Å². The van der Waals surface area contributed by atoms with E-state index in [1.54, 1.807) is 11.3 Å². The van der Waals surface area contributed by atoms with Crippen LogP contribution in [0.15, 0.2) is 29.1 Å². The fourth-order valence-corrected chi connectivity index (χ4v) is 1.46. The van der Waals surface area contributed by atoms with E-state index >= 15 is 0 Å². The maximum Gasteiger partial charge on any atom is 0.0798 e. The Morgan fingerprint density at radius 3 is 3.17 bits per heavy atom. The topological polar surface area (TPSA) is 12.9 Å². The molecule has 1 aromatic rings. The van der Waals surface area contributed by atoms with Crippen molar-refractivity contribution in [3.63, 3.8) is 0 Å². The molecule has 12 heavy (non-hydrogen) atoms. The molecule has 0 N–H and O–H groups in total. The van der Waals surface area contributed by atoms with E-state index < -0.39 is 0 Å². The molecular formula is C10H13NS. The van der Waals surface area contributed by atoms with Gasteiger partial charge in [-0.3, -0.25) is 0 Å². The zero-order chi connectivity index (χ0) is 8.81. The maximum atomic E-state index is 4.18. The molecule has 64 valence electrons.